The van der Waals surface area contributed by atoms with Gasteiger partial charge in [-0.15, -0.1) is 0 Å². The summed E-state index contributed by atoms with van der Waals surface area (Å²) in [6, 6.07) is 19.1. The molecule has 0 saturated carbocycles. The lowest BCUT2D eigenvalue weighted by atomic mass is 9.92. The lowest BCUT2D eigenvalue weighted by Crippen LogP contribution is -2.47. The van der Waals surface area contributed by atoms with Crippen LogP contribution in [-0.4, -0.2) is 34.9 Å². The zero-order chi connectivity index (χ0) is 24.0. The van der Waals surface area contributed by atoms with Gasteiger partial charge in [-0.05, 0) is 17.7 Å². The number of carboxylic acid groups (broad SMARTS) is 1. The highest BCUT2D eigenvalue weighted by atomic mass is 16.5. The molecule has 1 unspecified atom stereocenters. The van der Waals surface area contributed by atoms with Crippen LogP contribution in [0.5, 0.6) is 0 Å². The van der Waals surface area contributed by atoms with E-state index in [-0.39, 0.29) is 34.5 Å². The van der Waals surface area contributed by atoms with Gasteiger partial charge in [0.15, 0.2) is 5.78 Å². The Balaban J connectivity index is 1.81. The molecule has 1 atom stereocenters. The lowest BCUT2D eigenvalue weighted by Gasteiger charge is -2.17. The average Bonchev–Trinajstić information content (AvgIpc) is 2.82. The molecule has 0 aromatic heterocycles. The number of hydrogen-bond acceptors (Lipinski definition) is 7. The van der Waals surface area contributed by atoms with Crippen molar-refractivity contribution < 1.29 is 29.0 Å². The summed E-state index contributed by atoms with van der Waals surface area (Å²) in [4.78, 5) is 49.5. The summed E-state index contributed by atoms with van der Waals surface area (Å²) >= 11 is 0. The van der Waals surface area contributed by atoms with E-state index in [0.29, 0.717) is 0 Å². The first-order valence-electron chi connectivity index (χ1n) is 9.82. The third-order valence-corrected chi connectivity index (χ3v) is 4.77. The highest BCUT2D eigenvalue weighted by molar-refractivity contribution is 6.20. The van der Waals surface area contributed by atoms with Crippen molar-refractivity contribution in [1.29, 1.82) is 0 Å². The Morgan fingerprint density at radius 2 is 1.45 bits per heavy atom. The van der Waals surface area contributed by atoms with Gasteiger partial charge in [0.1, 0.15) is 12.8 Å². The Labute approximate surface area is 189 Å². The number of nitrogens with two attached hydrogens (primary N) is 2. The molecule has 1 amide bonds. The van der Waals surface area contributed by atoms with Crippen molar-refractivity contribution in [1.82, 2.24) is 5.32 Å². The number of hydrogen-bond donors (Lipinski definition) is 4. The normalized spacial score (nSPS) is 11.3. The van der Waals surface area contributed by atoms with Crippen molar-refractivity contribution in [3.05, 3.63) is 101 Å². The topological polar surface area (TPSA) is 162 Å². The number of anilines is 1. The maximum absolute atomic E-state index is 13.0. The number of ether oxygens (including phenoxy) is 1. The number of rotatable bonds is 8. The fourth-order valence-electron chi connectivity index (χ4n) is 3.12. The molecule has 0 fully saturated rings. The van der Waals surface area contributed by atoms with Gasteiger partial charge in [0, 0.05) is 11.1 Å². The van der Waals surface area contributed by atoms with Crippen LogP contribution in [0.15, 0.2) is 72.8 Å². The molecule has 3 aromatic rings. The van der Waals surface area contributed by atoms with Gasteiger partial charge in [0.2, 0.25) is 5.78 Å². The van der Waals surface area contributed by atoms with Crippen molar-refractivity contribution in [2.24, 2.45) is 5.73 Å². The molecule has 0 aliphatic rings. The molecule has 9 heteroatoms. The van der Waals surface area contributed by atoms with Crippen molar-refractivity contribution in [2.45, 2.75) is 12.8 Å². The Bertz CT molecular complexity index is 1200. The summed E-state index contributed by atoms with van der Waals surface area (Å²) in [5, 5.41) is 11.7. The third kappa shape index (κ3) is 5.41. The molecule has 168 valence electrons. The van der Waals surface area contributed by atoms with E-state index < -0.39 is 29.8 Å². The van der Waals surface area contributed by atoms with Gasteiger partial charge >= 0.3 is 12.1 Å². The summed E-state index contributed by atoms with van der Waals surface area (Å²) < 4.78 is 5.04. The molecule has 0 saturated heterocycles. The Kier molecular flexibility index (Phi) is 7.17. The van der Waals surface area contributed by atoms with Crippen molar-refractivity contribution >= 4 is 29.3 Å². The number of ketones is 2. The van der Waals surface area contributed by atoms with Gasteiger partial charge in [-0.2, -0.15) is 0 Å². The first-order chi connectivity index (χ1) is 15.8. The Morgan fingerprint density at radius 1 is 0.879 bits per heavy atom. The molecular formula is C24H21N3O6. The minimum absolute atomic E-state index is 0.0290. The summed E-state index contributed by atoms with van der Waals surface area (Å²) in [5.74, 6) is -2.86. The Morgan fingerprint density at radius 3 is 2.06 bits per heavy atom. The number of nitrogen functional groups attached to an aromatic ring is 1. The van der Waals surface area contributed by atoms with E-state index in [1.54, 1.807) is 42.5 Å². The first-order valence-corrected chi connectivity index (χ1v) is 9.82. The molecule has 0 radical (unpaired) electrons. The van der Waals surface area contributed by atoms with E-state index in [1.807, 2.05) is 6.07 Å². The Hall–Kier alpha value is -4.50. The molecule has 33 heavy (non-hydrogen) atoms. The predicted octanol–water partition coefficient (Wildman–Crippen LogP) is 2.59. The van der Waals surface area contributed by atoms with Gasteiger partial charge in [-0.1, -0.05) is 60.7 Å². The molecule has 0 heterocycles. The van der Waals surface area contributed by atoms with Crippen molar-refractivity contribution in [3.8, 4) is 0 Å². The zero-order valence-electron chi connectivity index (χ0n) is 17.4. The largest absolute Gasteiger partial charge is 0.478 e. The van der Waals surface area contributed by atoms with Crippen LogP contribution in [0.2, 0.25) is 0 Å². The molecule has 0 spiro atoms. The molecule has 6 N–H and O–H groups in total. The quantitative estimate of drug-likeness (QED) is 0.233. The number of amides is 1. The van der Waals surface area contributed by atoms with Crippen molar-refractivity contribution in [3.63, 3.8) is 0 Å². The van der Waals surface area contributed by atoms with Gasteiger partial charge in [-0.25, -0.2) is 9.59 Å². The van der Waals surface area contributed by atoms with Crippen LogP contribution < -0.4 is 16.8 Å². The van der Waals surface area contributed by atoms with E-state index in [0.717, 1.165) is 17.7 Å². The summed E-state index contributed by atoms with van der Waals surface area (Å²) in [6.45, 7) is -0.0290. The maximum Gasteiger partial charge on any atom is 0.409 e. The van der Waals surface area contributed by atoms with E-state index in [4.69, 9.17) is 16.2 Å². The minimum atomic E-state index is -1.54. The SMILES string of the molecule is Nc1c(C(=O)C(N)NC(=O)OCc2ccccc2)ccc(C(=O)O)c1C(=O)c1ccccc1. The second-order valence-corrected chi connectivity index (χ2v) is 7.00. The van der Waals surface area contributed by atoms with Crippen LogP contribution >= 0.6 is 0 Å². The van der Waals surface area contributed by atoms with Crippen LogP contribution in [0, 0.1) is 0 Å². The predicted molar refractivity (Wildman–Crippen MR) is 120 cm³/mol. The number of aromatic carboxylic acids is 1. The van der Waals surface area contributed by atoms with Crippen LogP contribution in [0.1, 0.15) is 42.2 Å². The summed E-state index contributed by atoms with van der Waals surface area (Å²) in [5.41, 5.74) is 11.6. The molecular weight excluding hydrogens is 426 g/mol. The number of nitrogens with one attached hydrogen (secondary N) is 1. The summed E-state index contributed by atoms with van der Waals surface area (Å²) in [6.07, 6.45) is -2.47. The maximum atomic E-state index is 13.0. The molecule has 0 bridgehead atoms. The van der Waals surface area contributed by atoms with Crippen LogP contribution in [0.4, 0.5) is 10.5 Å². The van der Waals surface area contributed by atoms with E-state index >= 15 is 0 Å². The van der Waals surface area contributed by atoms with Gasteiger partial charge in [-0.3, -0.25) is 14.9 Å². The average molecular weight is 447 g/mol. The van der Waals surface area contributed by atoms with E-state index in [9.17, 15) is 24.3 Å². The van der Waals surface area contributed by atoms with Crippen LogP contribution in [0.3, 0.4) is 0 Å². The second kappa shape index (κ2) is 10.2. The molecule has 3 rings (SSSR count). The fraction of sp³-hybridized carbons (Fsp3) is 0.0833. The minimum Gasteiger partial charge on any atom is -0.478 e. The highest BCUT2D eigenvalue weighted by Gasteiger charge is 2.28. The van der Waals surface area contributed by atoms with Gasteiger partial charge < -0.3 is 21.3 Å². The number of alkyl carbamates (subject to hydrolysis) is 1. The monoisotopic (exact) mass is 447 g/mol. The van der Waals surface area contributed by atoms with Crippen LogP contribution in [-0.2, 0) is 11.3 Å². The molecule has 0 aliphatic carbocycles. The van der Waals surface area contributed by atoms with Gasteiger partial charge in [0.25, 0.3) is 0 Å². The number of benzene rings is 3. The van der Waals surface area contributed by atoms with E-state index in [2.05, 4.69) is 5.32 Å². The van der Waals surface area contributed by atoms with E-state index in [1.165, 1.54) is 12.1 Å². The molecule has 0 aliphatic heterocycles. The molecule has 9 nitrogen and oxygen atoms in total. The fourth-order valence-corrected chi connectivity index (χ4v) is 3.12. The second-order valence-electron chi connectivity index (χ2n) is 7.00. The number of carbonyl (C=O) groups excluding carboxylic acids is 3. The standard InChI is InChI=1S/C24H21N3O6/c25-19-17(21(29)22(26)27-24(32)33-13-14-7-3-1-4-8-14)12-11-16(23(30)31)18(19)20(28)15-9-5-2-6-10-15/h1-12,22H,13,25-26H2,(H,27,32)(H,30,31). The van der Waals surface area contributed by atoms with Crippen molar-refractivity contribution in [2.75, 3.05) is 5.73 Å². The first kappa shape index (κ1) is 23.2. The third-order valence-electron chi connectivity index (χ3n) is 4.77. The van der Waals surface area contributed by atoms with Crippen LogP contribution in [0.25, 0.3) is 0 Å². The zero-order valence-corrected chi connectivity index (χ0v) is 17.4. The number of carbonyl (C=O) groups is 4. The van der Waals surface area contributed by atoms with Gasteiger partial charge in [0.05, 0.1) is 16.8 Å². The highest BCUT2D eigenvalue weighted by Crippen LogP contribution is 2.26. The number of carboxylic acids is 1. The lowest BCUT2D eigenvalue weighted by molar-refractivity contribution is 0.0692. The molecule has 3 aromatic carbocycles. The smallest absolute Gasteiger partial charge is 0.409 e. The number of Topliss-reactive ketones (excluding diaryl/α,β-unsaturated/α-hetero) is 1. The summed E-state index contributed by atoms with van der Waals surface area (Å²) in [7, 11) is 0.